The molecule has 2 N–H and O–H groups in total. The Morgan fingerprint density at radius 1 is 1.15 bits per heavy atom. The highest BCUT2D eigenvalue weighted by molar-refractivity contribution is 7.90. The van der Waals surface area contributed by atoms with Crippen molar-refractivity contribution in [3.05, 3.63) is 35.7 Å². The number of ether oxygens (including phenoxy) is 1. The summed E-state index contributed by atoms with van der Waals surface area (Å²) in [7, 11) is -2.94. The summed E-state index contributed by atoms with van der Waals surface area (Å²) in [5.74, 6) is -0.266. The molecule has 0 saturated carbocycles. The van der Waals surface area contributed by atoms with Gasteiger partial charge in [-0.2, -0.15) is 15.0 Å². The molecule has 0 aliphatic carbocycles. The molecular weight excluding hydrogens is 362 g/mol. The number of ketones is 1. The Labute approximate surface area is 150 Å². The van der Waals surface area contributed by atoms with E-state index in [1.165, 1.54) is 25.3 Å². The molecule has 26 heavy (non-hydrogen) atoms. The van der Waals surface area contributed by atoms with Gasteiger partial charge < -0.3 is 4.74 Å². The van der Waals surface area contributed by atoms with Crippen LogP contribution in [0.25, 0.3) is 0 Å². The van der Waals surface area contributed by atoms with Crippen LogP contribution in [0.1, 0.15) is 29.5 Å². The van der Waals surface area contributed by atoms with Crippen LogP contribution in [0.15, 0.2) is 29.2 Å². The SMILES string of the molecule is CCC(=O)c1ccccc1S(=O)(=O)NC(=O)Nc1nc(C)nc(OC)n1. The molecule has 2 amide bonds. The smallest absolute Gasteiger partial charge is 0.335 e. The molecule has 0 unspecified atom stereocenters. The molecule has 138 valence electrons. The second-order valence-electron chi connectivity index (χ2n) is 5.03. The van der Waals surface area contributed by atoms with Gasteiger partial charge in [-0.05, 0) is 13.0 Å². The number of sulfonamides is 1. The van der Waals surface area contributed by atoms with Crippen LogP contribution in [0.4, 0.5) is 10.7 Å². The van der Waals surface area contributed by atoms with E-state index < -0.39 is 16.1 Å². The van der Waals surface area contributed by atoms with E-state index in [1.807, 2.05) is 4.72 Å². The van der Waals surface area contributed by atoms with Crippen LogP contribution in [0.2, 0.25) is 0 Å². The van der Waals surface area contributed by atoms with Crippen molar-refractivity contribution in [2.75, 3.05) is 12.4 Å². The molecule has 10 nitrogen and oxygen atoms in total. The molecule has 1 aromatic heterocycles. The third-order valence-electron chi connectivity index (χ3n) is 3.16. The number of carbonyl (C=O) groups excluding carboxylic acids is 2. The Morgan fingerprint density at radius 3 is 2.50 bits per heavy atom. The standard InChI is InChI=1S/C15H17N5O5S/c1-4-11(21)10-7-5-6-8-12(10)26(23,24)20-14(22)18-13-16-9(2)17-15(19-13)25-3/h5-8H,4H2,1-3H3,(H2,16,17,18,19,20,22). The number of hydrogen-bond donors (Lipinski definition) is 2. The van der Waals surface area contributed by atoms with E-state index in [-0.39, 0.29) is 40.4 Å². The van der Waals surface area contributed by atoms with Crippen molar-refractivity contribution in [3.8, 4) is 6.01 Å². The topological polar surface area (TPSA) is 140 Å². The van der Waals surface area contributed by atoms with Crippen molar-refractivity contribution in [1.82, 2.24) is 19.7 Å². The Kier molecular flexibility index (Phi) is 5.82. The Bertz CT molecular complexity index is 945. The zero-order chi connectivity index (χ0) is 19.3. The molecule has 0 saturated heterocycles. The van der Waals surface area contributed by atoms with Gasteiger partial charge in [-0.15, -0.1) is 0 Å². The van der Waals surface area contributed by atoms with Gasteiger partial charge in [0.1, 0.15) is 5.82 Å². The zero-order valence-corrected chi connectivity index (χ0v) is 15.1. The highest BCUT2D eigenvalue weighted by atomic mass is 32.2. The molecule has 2 aromatic rings. The molecule has 0 aliphatic heterocycles. The largest absolute Gasteiger partial charge is 0.467 e. The van der Waals surface area contributed by atoms with Gasteiger partial charge in [0, 0.05) is 12.0 Å². The van der Waals surface area contributed by atoms with E-state index in [9.17, 15) is 18.0 Å². The number of rotatable bonds is 6. The highest BCUT2D eigenvalue weighted by Gasteiger charge is 2.24. The van der Waals surface area contributed by atoms with Crippen LogP contribution < -0.4 is 14.8 Å². The lowest BCUT2D eigenvalue weighted by Gasteiger charge is -2.11. The third kappa shape index (κ3) is 4.51. The monoisotopic (exact) mass is 379 g/mol. The summed E-state index contributed by atoms with van der Waals surface area (Å²) in [4.78, 5) is 35.2. The van der Waals surface area contributed by atoms with Crippen LogP contribution in [0.3, 0.4) is 0 Å². The van der Waals surface area contributed by atoms with Crippen molar-refractivity contribution >= 4 is 27.8 Å². The summed E-state index contributed by atoms with van der Waals surface area (Å²) < 4.78 is 31.6. The number of methoxy groups -OCH3 is 1. The molecule has 0 fully saturated rings. The summed E-state index contributed by atoms with van der Waals surface area (Å²) in [5.41, 5.74) is 0.00738. The van der Waals surface area contributed by atoms with Gasteiger partial charge in [0.2, 0.25) is 5.95 Å². The van der Waals surface area contributed by atoms with Crippen LogP contribution >= 0.6 is 0 Å². The molecule has 0 radical (unpaired) electrons. The van der Waals surface area contributed by atoms with Gasteiger partial charge in [0.15, 0.2) is 5.78 Å². The quantitative estimate of drug-likeness (QED) is 0.716. The maximum atomic E-state index is 12.5. The van der Waals surface area contributed by atoms with Crippen LogP contribution in [-0.4, -0.2) is 42.3 Å². The molecule has 1 heterocycles. The normalized spacial score (nSPS) is 10.9. The van der Waals surface area contributed by atoms with Gasteiger partial charge >= 0.3 is 12.0 Å². The first-order chi connectivity index (χ1) is 12.3. The van der Waals surface area contributed by atoms with Crippen molar-refractivity contribution in [2.24, 2.45) is 0 Å². The number of nitrogens with zero attached hydrogens (tertiary/aromatic N) is 3. The molecule has 1 aromatic carbocycles. The fourth-order valence-electron chi connectivity index (χ4n) is 2.03. The fourth-order valence-corrected chi connectivity index (χ4v) is 3.16. The van der Waals surface area contributed by atoms with E-state index in [2.05, 4.69) is 20.3 Å². The van der Waals surface area contributed by atoms with E-state index >= 15 is 0 Å². The van der Waals surface area contributed by atoms with Crippen molar-refractivity contribution in [1.29, 1.82) is 0 Å². The van der Waals surface area contributed by atoms with Gasteiger partial charge in [-0.1, -0.05) is 25.1 Å². The minimum absolute atomic E-state index is 0.00738. The summed E-state index contributed by atoms with van der Waals surface area (Å²) in [6.07, 6.45) is 0.128. The number of carbonyl (C=O) groups is 2. The van der Waals surface area contributed by atoms with Crippen molar-refractivity contribution in [3.63, 3.8) is 0 Å². The lowest BCUT2D eigenvalue weighted by Crippen LogP contribution is -2.35. The number of Topliss-reactive ketones (excluding diaryl/α,β-unsaturated/α-hetero) is 1. The molecule has 0 atom stereocenters. The first kappa shape index (κ1) is 19.2. The predicted molar refractivity (Wildman–Crippen MR) is 91.5 cm³/mol. The second-order valence-corrected chi connectivity index (χ2v) is 6.68. The summed E-state index contributed by atoms with van der Waals surface area (Å²) in [5, 5.41) is 2.19. The predicted octanol–water partition coefficient (Wildman–Crippen LogP) is 1.29. The summed E-state index contributed by atoms with van der Waals surface area (Å²) in [6.45, 7) is 3.17. The maximum absolute atomic E-state index is 12.5. The van der Waals surface area contributed by atoms with Gasteiger partial charge in [-0.3, -0.25) is 10.1 Å². The van der Waals surface area contributed by atoms with Gasteiger partial charge in [0.05, 0.1) is 12.0 Å². The number of benzene rings is 1. The van der Waals surface area contributed by atoms with E-state index in [0.29, 0.717) is 0 Å². The van der Waals surface area contributed by atoms with Crippen LogP contribution in [-0.2, 0) is 10.0 Å². The van der Waals surface area contributed by atoms with E-state index in [0.717, 1.165) is 0 Å². The van der Waals surface area contributed by atoms with E-state index in [1.54, 1.807) is 19.9 Å². The van der Waals surface area contributed by atoms with Gasteiger partial charge in [-0.25, -0.2) is 17.9 Å². The summed E-state index contributed by atoms with van der Waals surface area (Å²) >= 11 is 0. The zero-order valence-electron chi connectivity index (χ0n) is 14.3. The van der Waals surface area contributed by atoms with Crippen molar-refractivity contribution in [2.45, 2.75) is 25.2 Å². The maximum Gasteiger partial charge on any atom is 0.335 e. The number of aromatic nitrogens is 3. The minimum atomic E-state index is -4.28. The molecule has 2 rings (SSSR count). The second kappa shape index (κ2) is 7.87. The van der Waals surface area contributed by atoms with Gasteiger partial charge in [0.25, 0.3) is 10.0 Å². The number of nitrogens with one attached hydrogen (secondary N) is 2. The molecular formula is C15H17N5O5S. The van der Waals surface area contributed by atoms with Crippen molar-refractivity contribution < 1.29 is 22.7 Å². The number of amides is 2. The number of hydrogen-bond acceptors (Lipinski definition) is 8. The number of anilines is 1. The average molecular weight is 379 g/mol. The van der Waals surface area contributed by atoms with E-state index in [4.69, 9.17) is 4.74 Å². The first-order valence-corrected chi connectivity index (χ1v) is 8.98. The lowest BCUT2D eigenvalue weighted by molar-refractivity contribution is 0.0985. The number of urea groups is 1. The Morgan fingerprint density at radius 2 is 1.85 bits per heavy atom. The third-order valence-corrected chi connectivity index (χ3v) is 4.55. The fraction of sp³-hybridized carbons (Fsp3) is 0.267. The lowest BCUT2D eigenvalue weighted by atomic mass is 10.1. The molecule has 0 aliphatic rings. The highest BCUT2D eigenvalue weighted by Crippen LogP contribution is 2.17. The molecule has 0 bridgehead atoms. The number of aryl methyl sites for hydroxylation is 1. The molecule has 0 spiro atoms. The van der Waals surface area contributed by atoms with Crippen LogP contribution in [0, 0.1) is 6.92 Å². The van der Waals surface area contributed by atoms with Crippen LogP contribution in [0.5, 0.6) is 6.01 Å². The molecule has 11 heteroatoms. The minimum Gasteiger partial charge on any atom is -0.467 e. The Hall–Kier alpha value is -3.08. The Balaban J connectivity index is 2.24. The first-order valence-electron chi connectivity index (χ1n) is 7.49. The average Bonchev–Trinajstić information content (AvgIpc) is 2.59. The summed E-state index contributed by atoms with van der Waals surface area (Å²) in [6, 6.07) is 4.51.